The molecule has 33 heavy (non-hydrogen) atoms. The minimum absolute atomic E-state index is 0.0657. The minimum atomic E-state index is -2.89. The van der Waals surface area contributed by atoms with E-state index in [-0.39, 0.29) is 24.9 Å². The van der Waals surface area contributed by atoms with Gasteiger partial charge >= 0.3 is 6.61 Å². The molecule has 1 aromatic heterocycles. The maximum Gasteiger partial charge on any atom is 0.387 e. The molecule has 4 rings (SSSR count). The molecule has 0 aliphatic carbocycles. The van der Waals surface area contributed by atoms with Crippen molar-refractivity contribution in [3.63, 3.8) is 0 Å². The third-order valence-corrected chi connectivity index (χ3v) is 4.91. The number of halogens is 2. The lowest BCUT2D eigenvalue weighted by Crippen LogP contribution is -2.27. The van der Waals surface area contributed by atoms with Crippen LogP contribution in [0.4, 0.5) is 8.78 Å². The van der Waals surface area contributed by atoms with E-state index in [9.17, 15) is 8.78 Å². The van der Waals surface area contributed by atoms with Crippen LogP contribution in [0.2, 0.25) is 0 Å². The average Bonchev–Trinajstić information content (AvgIpc) is 3.23. The quantitative estimate of drug-likeness (QED) is 0.543. The molecule has 2 aromatic carbocycles. The first kappa shape index (κ1) is 23.5. The summed E-state index contributed by atoms with van der Waals surface area (Å²) in [5.41, 5.74) is 8.31. The Bertz CT molecular complexity index is 1130. The zero-order chi connectivity index (χ0) is 23.8. The molecule has 0 saturated heterocycles. The molecule has 1 atom stereocenters. The van der Waals surface area contributed by atoms with E-state index in [0.717, 1.165) is 22.3 Å². The molecule has 0 amide bonds. The van der Waals surface area contributed by atoms with Crippen LogP contribution >= 0.6 is 0 Å². The molecule has 1 aliphatic heterocycles. The zero-order valence-electron chi connectivity index (χ0n) is 17.5. The zero-order valence-corrected chi connectivity index (χ0v) is 17.5. The summed E-state index contributed by atoms with van der Waals surface area (Å²) >= 11 is 0. The Morgan fingerprint density at radius 1 is 1.09 bits per heavy atom. The number of alkyl halides is 2. The van der Waals surface area contributed by atoms with Gasteiger partial charge in [-0.05, 0) is 41.0 Å². The molecule has 0 bridgehead atoms. The normalized spacial score (nSPS) is 16.8. The second-order valence-corrected chi connectivity index (χ2v) is 6.80. The van der Waals surface area contributed by atoms with Gasteiger partial charge in [0.15, 0.2) is 5.54 Å². The predicted octanol–water partition coefficient (Wildman–Crippen LogP) is 3.65. The van der Waals surface area contributed by atoms with Crippen molar-refractivity contribution in [2.24, 2.45) is 10.7 Å². The number of aliphatic imine (C=N–C) groups is 1. The number of amidine groups is 1. The Kier molecular flexibility index (Phi) is 7.39. The van der Waals surface area contributed by atoms with Gasteiger partial charge in [0.2, 0.25) is 0 Å². The summed E-state index contributed by atoms with van der Waals surface area (Å²) in [6.45, 7) is -2.95. The molecule has 8 nitrogen and oxygen atoms in total. The van der Waals surface area contributed by atoms with Gasteiger partial charge in [0, 0.05) is 11.8 Å². The van der Waals surface area contributed by atoms with Gasteiger partial charge in [-0.15, -0.1) is 0 Å². The Morgan fingerprint density at radius 3 is 2.42 bits per heavy atom. The third-order valence-electron chi connectivity index (χ3n) is 4.91. The van der Waals surface area contributed by atoms with Crippen LogP contribution in [0.3, 0.4) is 0 Å². The van der Waals surface area contributed by atoms with E-state index < -0.39 is 12.2 Å². The van der Waals surface area contributed by atoms with E-state index in [1.54, 1.807) is 31.6 Å². The van der Waals surface area contributed by atoms with Crippen molar-refractivity contribution in [3.05, 3.63) is 78.1 Å². The predicted molar refractivity (Wildman–Crippen MR) is 116 cm³/mol. The van der Waals surface area contributed by atoms with E-state index in [0.29, 0.717) is 5.75 Å². The maximum atomic E-state index is 12.5. The molecule has 1 aliphatic rings. The molecule has 0 radical (unpaired) electrons. The first-order chi connectivity index (χ1) is 15.9. The van der Waals surface area contributed by atoms with E-state index in [4.69, 9.17) is 25.1 Å². The highest BCUT2D eigenvalue weighted by atomic mass is 19.3. The van der Waals surface area contributed by atoms with E-state index in [1.807, 2.05) is 30.3 Å². The highest BCUT2D eigenvalue weighted by Gasteiger charge is 2.40. The van der Waals surface area contributed by atoms with Gasteiger partial charge in [-0.25, -0.2) is 4.99 Å². The topological polar surface area (TPSA) is 116 Å². The first-order valence-corrected chi connectivity index (χ1v) is 9.63. The number of methoxy groups -OCH3 is 1. The van der Waals surface area contributed by atoms with Gasteiger partial charge in [-0.1, -0.05) is 30.3 Å². The van der Waals surface area contributed by atoms with E-state index >= 15 is 0 Å². The number of ether oxygens (including phenoxy) is 3. The monoisotopic (exact) mass is 457 g/mol. The summed E-state index contributed by atoms with van der Waals surface area (Å²) in [6, 6.07) is 16.0. The SMILES string of the molecule is COc1cncc(-c2cccc(C3(c4ccc(OC(F)F)cc4)COC(N)=N3)c2)c1.O=CO. The number of aromatic nitrogens is 1. The number of pyridine rings is 1. The highest BCUT2D eigenvalue weighted by Crippen LogP contribution is 2.39. The lowest BCUT2D eigenvalue weighted by molar-refractivity contribution is -0.122. The molecular weight excluding hydrogens is 436 g/mol. The number of nitrogens with zero attached hydrogens (tertiary/aromatic N) is 2. The minimum Gasteiger partial charge on any atom is -0.495 e. The number of carboxylic acid groups (broad SMARTS) is 1. The summed E-state index contributed by atoms with van der Waals surface area (Å²) in [4.78, 5) is 17.1. The number of rotatable bonds is 6. The molecule has 0 fully saturated rings. The average molecular weight is 457 g/mol. The van der Waals surface area contributed by atoms with Crippen LogP contribution in [0.1, 0.15) is 11.1 Å². The lowest BCUT2D eigenvalue weighted by Gasteiger charge is -2.26. The Balaban J connectivity index is 0.000000968. The Hall–Kier alpha value is -4.21. The van der Waals surface area contributed by atoms with E-state index in [2.05, 4.69) is 14.7 Å². The maximum absolute atomic E-state index is 12.5. The van der Waals surface area contributed by atoms with Crippen LogP contribution in [0, 0.1) is 0 Å². The van der Waals surface area contributed by atoms with Crippen LogP contribution in [0.25, 0.3) is 11.1 Å². The third kappa shape index (κ3) is 5.35. The van der Waals surface area contributed by atoms with Gasteiger partial charge < -0.3 is 25.1 Å². The summed E-state index contributed by atoms with van der Waals surface area (Å²) in [5, 5.41) is 6.89. The largest absolute Gasteiger partial charge is 0.495 e. The Labute approximate surface area is 188 Å². The van der Waals surface area contributed by atoms with Crippen molar-refractivity contribution in [1.82, 2.24) is 4.98 Å². The second kappa shape index (κ2) is 10.4. The van der Waals surface area contributed by atoms with Crippen LogP contribution in [0.5, 0.6) is 11.5 Å². The van der Waals surface area contributed by atoms with Gasteiger partial charge in [0.25, 0.3) is 12.5 Å². The van der Waals surface area contributed by atoms with Gasteiger partial charge in [-0.3, -0.25) is 9.78 Å². The summed E-state index contributed by atoms with van der Waals surface area (Å²) in [7, 11) is 1.58. The molecule has 3 aromatic rings. The molecule has 1 unspecified atom stereocenters. The molecule has 0 saturated carbocycles. The second-order valence-electron chi connectivity index (χ2n) is 6.80. The fourth-order valence-electron chi connectivity index (χ4n) is 3.45. The van der Waals surface area contributed by atoms with Crippen LogP contribution < -0.4 is 15.2 Å². The number of nitrogens with two attached hydrogens (primary N) is 1. The molecule has 172 valence electrons. The van der Waals surface area contributed by atoms with E-state index in [1.165, 1.54) is 12.1 Å². The van der Waals surface area contributed by atoms with Gasteiger partial charge in [0.1, 0.15) is 18.1 Å². The van der Waals surface area contributed by atoms with Crippen molar-refractivity contribution in [3.8, 4) is 22.6 Å². The highest BCUT2D eigenvalue weighted by molar-refractivity contribution is 5.76. The first-order valence-electron chi connectivity index (χ1n) is 9.63. The molecule has 10 heteroatoms. The van der Waals surface area contributed by atoms with Crippen molar-refractivity contribution in [2.75, 3.05) is 13.7 Å². The number of benzene rings is 2. The van der Waals surface area contributed by atoms with Crippen molar-refractivity contribution >= 4 is 12.5 Å². The smallest absolute Gasteiger partial charge is 0.387 e. The van der Waals surface area contributed by atoms with Crippen molar-refractivity contribution in [1.29, 1.82) is 0 Å². The fraction of sp³-hybridized carbons (Fsp3) is 0.174. The van der Waals surface area contributed by atoms with Crippen molar-refractivity contribution in [2.45, 2.75) is 12.2 Å². The standard InChI is InChI=1S/C22H19F2N3O3.CH2O2/c1-28-19-10-15(11-26-12-19)14-3-2-4-17(9-14)22(13-29-21(25)27-22)16-5-7-18(8-6-16)30-20(23)24;2-1-3/h2-12,20H,13H2,1H3,(H2,25,27);1H,(H,2,3). The Morgan fingerprint density at radius 2 is 1.82 bits per heavy atom. The fourth-order valence-corrected chi connectivity index (χ4v) is 3.45. The number of hydrogen-bond acceptors (Lipinski definition) is 7. The molecule has 2 heterocycles. The van der Waals surface area contributed by atoms with Crippen molar-refractivity contribution < 1.29 is 32.9 Å². The summed E-state index contributed by atoms with van der Waals surface area (Å²) < 4.78 is 40.2. The summed E-state index contributed by atoms with van der Waals surface area (Å²) in [5.74, 6) is 0.713. The van der Waals surface area contributed by atoms with Gasteiger partial charge in [-0.2, -0.15) is 8.78 Å². The van der Waals surface area contributed by atoms with Gasteiger partial charge in [0.05, 0.1) is 13.3 Å². The summed E-state index contributed by atoms with van der Waals surface area (Å²) in [6.07, 6.45) is 3.38. The van der Waals surface area contributed by atoms with Crippen LogP contribution in [-0.4, -0.2) is 42.9 Å². The molecular formula is C23H21F2N3O5. The van der Waals surface area contributed by atoms with Crippen LogP contribution in [0.15, 0.2) is 72.0 Å². The molecule has 3 N–H and O–H groups in total. The van der Waals surface area contributed by atoms with Crippen LogP contribution in [-0.2, 0) is 15.1 Å². The number of carbonyl (C=O) groups is 1. The number of hydrogen-bond donors (Lipinski definition) is 2. The molecule has 0 spiro atoms. The lowest BCUT2D eigenvalue weighted by atomic mass is 9.83.